The van der Waals surface area contributed by atoms with Crippen molar-refractivity contribution in [3.63, 3.8) is 0 Å². The van der Waals surface area contributed by atoms with E-state index in [4.69, 9.17) is 5.11 Å². The molecule has 1 aliphatic carbocycles. The Bertz CT molecular complexity index is 258. The second-order valence-electron chi connectivity index (χ2n) is 3.96. The van der Waals surface area contributed by atoms with Crippen molar-refractivity contribution in [3.8, 4) is 0 Å². The predicted octanol–water partition coefficient (Wildman–Crippen LogP) is 0.828. The van der Waals surface area contributed by atoms with Crippen LogP contribution in [-0.4, -0.2) is 31.1 Å². The molecule has 0 amide bonds. The number of hydrogen-bond acceptors (Lipinski definition) is 3. The summed E-state index contributed by atoms with van der Waals surface area (Å²) in [6.45, 7) is 3.83. The molecule has 0 radical (unpaired) electrons. The van der Waals surface area contributed by atoms with Crippen molar-refractivity contribution in [2.75, 3.05) is 12.4 Å². The molecule has 0 aromatic rings. The molecule has 1 rings (SSSR count). The van der Waals surface area contributed by atoms with E-state index in [0.29, 0.717) is 12.3 Å². The van der Waals surface area contributed by atoms with Gasteiger partial charge in [-0.2, -0.15) is 0 Å². The van der Waals surface area contributed by atoms with Crippen LogP contribution < -0.4 is 0 Å². The lowest BCUT2D eigenvalue weighted by Crippen LogP contribution is -2.20. The normalized spacial score (nSPS) is 35.2. The summed E-state index contributed by atoms with van der Waals surface area (Å²) in [7, 11) is -2.88. The Hall–Kier alpha value is -0.0900. The van der Waals surface area contributed by atoms with Crippen LogP contribution in [0, 0.1) is 11.8 Å². The minimum absolute atomic E-state index is 0.122. The molecule has 0 saturated heterocycles. The van der Waals surface area contributed by atoms with Crippen LogP contribution in [0.4, 0.5) is 0 Å². The molecule has 0 aliphatic heterocycles. The number of rotatable bonds is 3. The van der Waals surface area contributed by atoms with Crippen molar-refractivity contribution in [2.45, 2.75) is 31.9 Å². The van der Waals surface area contributed by atoms with Crippen molar-refractivity contribution >= 4 is 9.84 Å². The monoisotopic (exact) mass is 206 g/mol. The van der Waals surface area contributed by atoms with Crippen LogP contribution in [0.1, 0.15) is 26.7 Å². The highest BCUT2D eigenvalue weighted by atomic mass is 32.2. The number of sulfone groups is 1. The summed E-state index contributed by atoms with van der Waals surface area (Å²) in [5.74, 6) is 0.755. The topological polar surface area (TPSA) is 54.4 Å². The summed E-state index contributed by atoms with van der Waals surface area (Å²) in [6.07, 6.45) is 1.37. The molecule has 0 spiro atoms. The van der Waals surface area contributed by atoms with Crippen LogP contribution in [0.15, 0.2) is 0 Å². The zero-order chi connectivity index (χ0) is 10.1. The Morgan fingerprint density at radius 3 is 2.38 bits per heavy atom. The van der Waals surface area contributed by atoms with Gasteiger partial charge in [0.15, 0.2) is 9.84 Å². The Morgan fingerprint density at radius 2 is 2.00 bits per heavy atom. The lowest BCUT2D eigenvalue weighted by molar-refractivity contribution is 0.201. The number of hydrogen-bond donors (Lipinski definition) is 1. The molecule has 1 saturated carbocycles. The second kappa shape index (κ2) is 3.96. The predicted molar refractivity (Wildman–Crippen MR) is 52.2 cm³/mol. The SMILES string of the molecule is CCS(=O)(=O)[C@@H]1C[C@H](CO)[C@@H](C)C1. The Labute approximate surface area is 80.1 Å². The summed E-state index contributed by atoms with van der Waals surface area (Å²) >= 11 is 0. The van der Waals surface area contributed by atoms with Gasteiger partial charge in [0.25, 0.3) is 0 Å². The van der Waals surface area contributed by atoms with E-state index in [-0.39, 0.29) is 23.5 Å². The van der Waals surface area contributed by atoms with E-state index in [1.165, 1.54) is 0 Å². The highest BCUT2D eigenvalue weighted by Gasteiger charge is 2.37. The standard InChI is InChI=1S/C9H18O3S/c1-3-13(11,12)9-4-7(2)8(5-9)6-10/h7-10H,3-6H2,1-2H3/t7-,8+,9-/m0/s1. The smallest absolute Gasteiger partial charge is 0.152 e. The lowest BCUT2D eigenvalue weighted by Gasteiger charge is -2.09. The minimum Gasteiger partial charge on any atom is -0.396 e. The third kappa shape index (κ3) is 2.23. The fourth-order valence-electron chi connectivity index (χ4n) is 2.06. The van der Waals surface area contributed by atoms with E-state index in [1.54, 1.807) is 6.92 Å². The maximum absolute atomic E-state index is 11.5. The molecule has 3 nitrogen and oxygen atoms in total. The van der Waals surface area contributed by atoms with Crippen LogP contribution >= 0.6 is 0 Å². The van der Waals surface area contributed by atoms with Crippen molar-refractivity contribution in [1.29, 1.82) is 0 Å². The van der Waals surface area contributed by atoms with E-state index in [1.807, 2.05) is 6.92 Å². The number of aliphatic hydroxyl groups excluding tert-OH is 1. The fraction of sp³-hybridized carbons (Fsp3) is 1.00. The summed E-state index contributed by atoms with van der Waals surface area (Å²) in [4.78, 5) is 0. The maximum Gasteiger partial charge on any atom is 0.152 e. The summed E-state index contributed by atoms with van der Waals surface area (Å²) in [5, 5.41) is 8.79. The maximum atomic E-state index is 11.5. The Morgan fingerprint density at radius 1 is 1.38 bits per heavy atom. The van der Waals surface area contributed by atoms with Crippen molar-refractivity contribution in [2.24, 2.45) is 11.8 Å². The molecule has 0 aromatic heterocycles. The van der Waals surface area contributed by atoms with Crippen LogP contribution in [0.3, 0.4) is 0 Å². The van der Waals surface area contributed by atoms with Gasteiger partial charge in [-0.05, 0) is 24.7 Å². The van der Waals surface area contributed by atoms with Gasteiger partial charge in [0.2, 0.25) is 0 Å². The van der Waals surface area contributed by atoms with Crippen LogP contribution in [0.25, 0.3) is 0 Å². The van der Waals surface area contributed by atoms with Crippen LogP contribution in [0.2, 0.25) is 0 Å². The second-order valence-corrected chi connectivity index (χ2v) is 6.53. The highest BCUT2D eigenvalue weighted by molar-refractivity contribution is 7.92. The summed E-state index contributed by atoms with van der Waals surface area (Å²) in [5.41, 5.74) is 0. The van der Waals surface area contributed by atoms with Gasteiger partial charge in [0, 0.05) is 12.4 Å². The van der Waals surface area contributed by atoms with Gasteiger partial charge in [0.05, 0.1) is 5.25 Å². The quantitative estimate of drug-likeness (QED) is 0.744. The molecule has 0 unspecified atom stereocenters. The molecule has 3 atom stereocenters. The summed E-state index contributed by atoms with van der Waals surface area (Å²) in [6, 6.07) is 0. The summed E-state index contributed by atoms with van der Waals surface area (Å²) < 4.78 is 23.1. The molecule has 0 heterocycles. The molecule has 0 aromatic carbocycles. The van der Waals surface area contributed by atoms with Gasteiger partial charge in [-0.3, -0.25) is 0 Å². The molecule has 1 N–H and O–H groups in total. The molecule has 1 fully saturated rings. The Balaban J connectivity index is 2.68. The molecule has 78 valence electrons. The molecule has 4 heteroatoms. The molecule has 1 aliphatic rings. The highest BCUT2D eigenvalue weighted by Crippen LogP contribution is 2.35. The third-order valence-electron chi connectivity index (χ3n) is 3.15. The van der Waals surface area contributed by atoms with E-state index >= 15 is 0 Å². The van der Waals surface area contributed by atoms with Gasteiger partial charge in [-0.15, -0.1) is 0 Å². The number of aliphatic hydroxyl groups is 1. The van der Waals surface area contributed by atoms with Gasteiger partial charge < -0.3 is 5.11 Å². The van der Waals surface area contributed by atoms with E-state index in [2.05, 4.69) is 0 Å². The van der Waals surface area contributed by atoms with Gasteiger partial charge >= 0.3 is 0 Å². The van der Waals surface area contributed by atoms with Crippen molar-refractivity contribution in [3.05, 3.63) is 0 Å². The first kappa shape index (κ1) is 11.0. The minimum atomic E-state index is -2.88. The first-order chi connectivity index (χ1) is 6.01. The first-order valence-corrected chi connectivity index (χ1v) is 6.55. The van der Waals surface area contributed by atoms with Gasteiger partial charge in [-0.1, -0.05) is 13.8 Å². The Kier molecular flexibility index (Phi) is 3.35. The largest absolute Gasteiger partial charge is 0.396 e. The van der Waals surface area contributed by atoms with E-state index in [9.17, 15) is 8.42 Å². The zero-order valence-corrected chi connectivity index (χ0v) is 9.05. The average molecular weight is 206 g/mol. The van der Waals surface area contributed by atoms with E-state index < -0.39 is 9.84 Å². The third-order valence-corrected chi connectivity index (χ3v) is 5.36. The van der Waals surface area contributed by atoms with E-state index in [0.717, 1.165) is 6.42 Å². The zero-order valence-electron chi connectivity index (χ0n) is 8.23. The fourth-order valence-corrected chi connectivity index (χ4v) is 3.67. The van der Waals surface area contributed by atoms with Gasteiger partial charge in [0.1, 0.15) is 0 Å². The van der Waals surface area contributed by atoms with Crippen molar-refractivity contribution in [1.82, 2.24) is 0 Å². The van der Waals surface area contributed by atoms with Gasteiger partial charge in [-0.25, -0.2) is 8.42 Å². The van der Waals surface area contributed by atoms with Crippen LogP contribution in [0.5, 0.6) is 0 Å². The lowest BCUT2D eigenvalue weighted by atomic mass is 10.00. The molecular weight excluding hydrogens is 188 g/mol. The average Bonchev–Trinajstić information content (AvgIpc) is 2.47. The first-order valence-electron chi connectivity index (χ1n) is 4.83. The molecule has 0 bridgehead atoms. The molecule has 13 heavy (non-hydrogen) atoms. The molecular formula is C9H18O3S. The van der Waals surface area contributed by atoms with Crippen LogP contribution in [-0.2, 0) is 9.84 Å². The van der Waals surface area contributed by atoms with Crippen molar-refractivity contribution < 1.29 is 13.5 Å².